The molecule has 6 nitrogen and oxygen atoms in total. The number of thiophene rings is 1. The van der Waals surface area contributed by atoms with Crippen LogP contribution in [0.2, 0.25) is 0 Å². The van der Waals surface area contributed by atoms with E-state index in [1.807, 2.05) is 0 Å². The van der Waals surface area contributed by atoms with Gasteiger partial charge in [0.1, 0.15) is 5.75 Å². The second-order valence-corrected chi connectivity index (χ2v) is 3.84. The Bertz CT molecular complexity index is 505. The van der Waals surface area contributed by atoms with E-state index < -0.39 is 5.97 Å². The molecule has 0 fully saturated rings. The number of aryl methyl sites for hydroxylation is 1. The molecule has 2 aromatic rings. The van der Waals surface area contributed by atoms with Gasteiger partial charge in [-0.15, -0.1) is 21.5 Å². The van der Waals surface area contributed by atoms with Crippen LogP contribution in [0.3, 0.4) is 0 Å². The van der Waals surface area contributed by atoms with Crippen LogP contribution >= 0.6 is 11.3 Å². The Morgan fingerprint density at radius 3 is 3.06 bits per heavy atom. The van der Waals surface area contributed by atoms with Crippen molar-refractivity contribution in [1.29, 1.82) is 0 Å². The maximum Gasteiger partial charge on any atom is 0.349 e. The normalized spacial score (nSPS) is 10.3. The van der Waals surface area contributed by atoms with Gasteiger partial charge in [0.05, 0.1) is 0 Å². The molecule has 0 spiro atoms. The molecule has 0 radical (unpaired) electrons. The molecule has 0 saturated carbocycles. The lowest BCUT2D eigenvalue weighted by molar-refractivity contribution is 0.0697. The Labute approximate surface area is 94.5 Å². The molecule has 0 aliphatic carbocycles. The van der Waals surface area contributed by atoms with E-state index in [-0.39, 0.29) is 11.5 Å². The predicted octanol–water partition coefficient (Wildman–Crippen LogP) is 1.72. The average molecular weight is 240 g/mol. The van der Waals surface area contributed by atoms with Crippen LogP contribution in [0.25, 0.3) is 0 Å². The number of carbonyl (C=O) groups is 1. The summed E-state index contributed by atoms with van der Waals surface area (Å²) in [5.74, 6) is 0.0717. The van der Waals surface area contributed by atoms with Gasteiger partial charge in [-0.25, -0.2) is 4.79 Å². The van der Waals surface area contributed by atoms with Crippen molar-refractivity contribution in [1.82, 2.24) is 10.2 Å². The Morgan fingerprint density at radius 1 is 1.62 bits per heavy atom. The monoisotopic (exact) mass is 240 g/mol. The first-order valence-electron chi connectivity index (χ1n) is 4.39. The Balaban J connectivity index is 2.04. The van der Waals surface area contributed by atoms with Gasteiger partial charge in [-0.3, -0.25) is 0 Å². The Kier molecular flexibility index (Phi) is 2.86. The van der Waals surface area contributed by atoms with E-state index in [4.69, 9.17) is 14.3 Å². The van der Waals surface area contributed by atoms with Crippen LogP contribution in [-0.2, 0) is 6.61 Å². The number of nitrogens with zero attached hydrogens (tertiary/aromatic N) is 2. The zero-order valence-electron chi connectivity index (χ0n) is 8.34. The smallest absolute Gasteiger partial charge is 0.349 e. The largest absolute Gasteiger partial charge is 0.482 e. The minimum Gasteiger partial charge on any atom is -0.482 e. The van der Waals surface area contributed by atoms with Gasteiger partial charge in [0.2, 0.25) is 5.89 Å². The summed E-state index contributed by atoms with van der Waals surface area (Å²) in [6.45, 7) is 1.74. The number of hydrogen-bond acceptors (Lipinski definition) is 6. The highest BCUT2D eigenvalue weighted by molar-refractivity contribution is 7.12. The van der Waals surface area contributed by atoms with Crippen molar-refractivity contribution < 1.29 is 19.1 Å². The molecule has 0 aliphatic heterocycles. The number of aromatic nitrogens is 2. The molecule has 2 aromatic heterocycles. The van der Waals surface area contributed by atoms with Crippen molar-refractivity contribution in [2.45, 2.75) is 13.5 Å². The van der Waals surface area contributed by atoms with Gasteiger partial charge in [-0.1, -0.05) is 0 Å². The van der Waals surface area contributed by atoms with Crippen LogP contribution in [0.1, 0.15) is 21.5 Å². The van der Waals surface area contributed by atoms with Crippen LogP contribution in [-0.4, -0.2) is 21.3 Å². The van der Waals surface area contributed by atoms with Gasteiger partial charge in [0.25, 0.3) is 5.89 Å². The lowest BCUT2D eigenvalue weighted by Gasteiger charge is -2.01. The van der Waals surface area contributed by atoms with Gasteiger partial charge < -0.3 is 14.3 Å². The Hall–Kier alpha value is -1.89. The van der Waals surface area contributed by atoms with Gasteiger partial charge in [-0.05, 0) is 11.4 Å². The summed E-state index contributed by atoms with van der Waals surface area (Å²) in [7, 11) is 0. The topological polar surface area (TPSA) is 85.5 Å². The van der Waals surface area contributed by atoms with Crippen LogP contribution in [0.15, 0.2) is 15.9 Å². The summed E-state index contributed by atoms with van der Waals surface area (Å²) < 4.78 is 10.4. The second kappa shape index (κ2) is 4.31. The van der Waals surface area contributed by atoms with E-state index in [0.29, 0.717) is 17.5 Å². The zero-order valence-corrected chi connectivity index (χ0v) is 9.15. The molecule has 0 amide bonds. The molecule has 2 rings (SSSR count). The summed E-state index contributed by atoms with van der Waals surface area (Å²) >= 11 is 1.11. The van der Waals surface area contributed by atoms with Crippen LogP contribution < -0.4 is 4.74 Å². The number of aromatic carboxylic acids is 1. The fourth-order valence-corrected chi connectivity index (χ4v) is 1.77. The molecular weight excluding hydrogens is 232 g/mol. The number of carboxylic acid groups (broad SMARTS) is 1. The van der Waals surface area contributed by atoms with Gasteiger partial charge in [0, 0.05) is 6.92 Å². The molecule has 7 heteroatoms. The van der Waals surface area contributed by atoms with Gasteiger partial charge in [0.15, 0.2) is 11.5 Å². The minimum absolute atomic E-state index is 0.0673. The third-order valence-electron chi connectivity index (χ3n) is 1.74. The van der Waals surface area contributed by atoms with E-state index in [0.717, 1.165) is 11.3 Å². The first-order chi connectivity index (χ1) is 7.66. The van der Waals surface area contributed by atoms with Crippen molar-refractivity contribution in [3.63, 3.8) is 0 Å². The molecule has 0 aromatic carbocycles. The summed E-state index contributed by atoms with van der Waals surface area (Å²) in [5, 5.41) is 17.9. The molecule has 1 N–H and O–H groups in total. The SMILES string of the molecule is Cc1nnc(COc2ccsc2C(=O)O)o1. The van der Waals surface area contributed by atoms with Crippen molar-refractivity contribution in [2.24, 2.45) is 0 Å². The van der Waals surface area contributed by atoms with Crippen LogP contribution in [0, 0.1) is 6.92 Å². The van der Waals surface area contributed by atoms with Gasteiger partial charge in [-0.2, -0.15) is 0 Å². The fraction of sp³-hybridized carbons (Fsp3) is 0.222. The number of carboxylic acids is 1. The molecule has 84 valence electrons. The number of hydrogen-bond donors (Lipinski definition) is 1. The molecule has 0 saturated heterocycles. The van der Waals surface area contributed by atoms with E-state index in [2.05, 4.69) is 10.2 Å². The fourth-order valence-electron chi connectivity index (χ4n) is 1.10. The van der Waals surface area contributed by atoms with Crippen molar-refractivity contribution in [3.05, 3.63) is 28.1 Å². The molecule has 0 unspecified atom stereocenters. The van der Waals surface area contributed by atoms with Crippen molar-refractivity contribution >= 4 is 17.3 Å². The van der Waals surface area contributed by atoms with E-state index in [9.17, 15) is 4.79 Å². The predicted molar refractivity (Wildman–Crippen MR) is 54.6 cm³/mol. The molecule has 2 heterocycles. The molecule has 0 bridgehead atoms. The van der Waals surface area contributed by atoms with Crippen LogP contribution in [0.4, 0.5) is 0 Å². The highest BCUT2D eigenvalue weighted by Gasteiger charge is 2.13. The molecule has 16 heavy (non-hydrogen) atoms. The highest BCUT2D eigenvalue weighted by atomic mass is 32.1. The Morgan fingerprint density at radius 2 is 2.44 bits per heavy atom. The van der Waals surface area contributed by atoms with E-state index in [1.165, 1.54) is 0 Å². The van der Waals surface area contributed by atoms with Crippen molar-refractivity contribution in [2.75, 3.05) is 0 Å². The summed E-state index contributed by atoms with van der Waals surface area (Å²) in [6.07, 6.45) is 0. The zero-order chi connectivity index (χ0) is 11.5. The third kappa shape index (κ3) is 2.19. The second-order valence-electron chi connectivity index (χ2n) is 2.92. The molecule has 0 atom stereocenters. The number of rotatable bonds is 4. The molecule has 0 aliphatic rings. The summed E-state index contributed by atoms with van der Waals surface area (Å²) in [6, 6.07) is 1.59. The quantitative estimate of drug-likeness (QED) is 0.875. The van der Waals surface area contributed by atoms with Crippen LogP contribution in [0.5, 0.6) is 5.75 Å². The van der Waals surface area contributed by atoms with E-state index in [1.54, 1.807) is 18.4 Å². The third-order valence-corrected chi connectivity index (χ3v) is 2.63. The molecular formula is C9H8N2O4S. The lowest BCUT2D eigenvalue weighted by atomic mass is 10.4. The maximum absolute atomic E-state index is 10.8. The highest BCUT2D eigenvalue weighted by Crippen LogP contribution is 2.25. The summed E-state index contributed by atoms with van der Waals surface area (Å²) in [5.41, 5.74) is 0. The first-order valence-corrected chi connectivity index (χ1v) is 5.27. The van der Waals surface area contributed by atoms with E-state index >= 15 is 0 Å². The lowest BCUT2D eigenvalue weighted by Crippen LogP contribution is -2.00. The maximum atomic E-state index is 10.8. The van der Waals surface area contributed by atoms with Crippen molar-refractivity contribution in [3.8, 4) is 5.75 Å². The minimum atomic E-state index is -1.01. The number of ether oxygens (including phenoxy) is 1. The average Bonchev–Trinajstić information content (AvgIpc) is 2.83. The standard InChI is InChI=1S/C9H8N2O4S/c1-5-10-11-7(15-5)4-14-6-2-3-16-8(6)9(12)13/h2-3H,4H2,1H3,(H,12,13). The summed E-state index contributed by atoms with van der Waals surface area (Å²) in [4.78, 5) is 10.9. The van der Waals surface area contributed by atoms with Gasteiger partial charge >= 0.3 is 5.97 Å². The first kappa shape index (κ1) is 10.6.